The lowest BCUT2D eigenvalue weighted by atomic mass is 9.98. The van der Waals surface area contributed by atoms with Crippen molar-refractivity contribution in [1.29, 1.82) is 0 Å². The number of unbranched alkanes of at least 4 members (excludes halogenated alkanes) is 44. The van der Waals surface area contributed by atoms with Crippen LogP contribution in [0.2, 0.25) is 0 Å². The first-order valence-corrected chi connectivity index (χ1v) is 56.7. The number of benzene rings is 1. The van der Waals surface area contributed by atoms with E-state index in [2.05, 4.69) is 79.7 Å². The van der Waals surface area contributed by atoms with Gasteiger partial charge in [0.15, 0.2) is 0 Å². The molecule has 0 aliphatic rings. The van der Waals surface area contributed by atoms with Gasteiger partial charge in [0.2, 0.25) is 23.6 Å². The zero-order valence-electron chi connectivity index (χ0n) is 86.4. The van der Waals surface area contributed by atoms with Crippen LogP contribution in [0.4, 0.5) is 4.79 Å². The number of H-pyrrole nitrogens is 1. The molecule has 0 saturated heterocycles. The average Bonchev–Trinajstić information content (AvgIpc) is 1.69. The Bertz CT molecular complexity index is 3310. The van der Waals surface area contributed by atoms with E-state index in [1.807, 2.05) is 38.1 Å². The van der Waals surface area contributed by atoms with Crippen LogP contribution in [0.15, 0.2) is 43.1 Å². The second kappa shape index (κ2) is 86.8. The van der Waals surface area contributed by atoms with Gasteiger partial charge in [-0.3, -0.25) is 51.4 Å². The van der Waals surface area contributed by atoms with Crippen molar-refractivity contribution < 1.29 is 93.9 Å². The molecule has 1 aromatic carbocycles. The van der Waals surface area contributed by atoms with E-state index in [1.54, 1.807) is 27.0 Å². The van der Waals surface area contributed by atoms with Gasteiger partial charge in [-0.25, -0.2) is 13.9 Å². The van der Waals surface area contributed by atoms with Gasteiger partial charge in [0.05, 0.1) is 78.0 Å². The molecule has 26 nitrogen and oxygen atoms in total. The van der Waals surface area contributed by atoms with Gasteiger partial charge < -0.3 is 60.1 Å². The van der Waals surface area contributed by atoms with Gasteiger partial charge in [0.25, 0.3) is 0 Å². The van der Waals surface area contributed by atoms with E-state index in [1.165, 1.54) is 199 Å². The first-order valence-electron chi connectivity index (χ1n) is 53.8. The Morgan fingerprint density at radius 1 is 0.425 bits per heavy atom. The van der Waals surface area contributed by atoms with Gasteiger partial charge in [0, 0.05) is 68.7 Å². The standard InChI is InChI=1S/C57H101N4O10P.C49H95N2O10P/c1-6-10-13-16-18-20-21-23-24-27-30-37-53(62)60-49(45-68-41-39-50(34-29-26-15-12-8-3)71-55(64)38-31-28-25-22-19-17-14-11-7-2)46-70-72(66,67)69-42-40-58-57(65)56(47(5)9-4)61-54(63)43-48-44-59-52-36-33-32-35-51(48)52;1-8-12-15-18-20-22-23-25-26-29-32-35-46(52)51-44(43-59-62(55,57-39-11-4)58-41-38-50-48(54)61-49(5,6)7)42-56-40-37-45(34-31-28-17-14-10-3)60-47(53)36-33-30-27-24-21-19-16-13-9-2/h32-33,35-36,44,47,49-50,56,59H,6-31,34,37-43,45-46H2,1-5H3,(H,58,65)(H,60,62)(H,61,63)(H,66,67);11,44-45H,4,8-10,12-43H2,1-3,5-7H3,(H,50,54)(H,51,52)/t47-,49+,50+,56-;44-,45-,62?/m01/s1. The van der Waals surface area contributed by atoms with Crippen LogP contribution in [0.3, 0.4) is 0 Å². The molecule has 0 bridgehead atoms. The molecule has 2 aromatic rings. The highest BCUT2D eigenvalue weighted by Gasteiger charge is 2.32. The number of nitrogens with one attached hydrogen (secondary N) is 6. The lowest BCUT2D eigenvalue weighted by Crippen LogP contribution is -2.51. The van der Waals surface area contributed by atoms with Crippen molar-refractivity contribution >= 4 is 68.2 Å². The minimum absolute atomic E-state index is 0.00544. The van der Waals surface area contributed by atoms with E-state index >= 15 is 0 Å². The SMILES string of the molecule is C=CCOP(=O)(OCCNC(=O)OC(C)(C)C)OC[C@@H](COCC[C@@H](CCCCCCC)OC(=O)CCCCCCCCCCC)NC(=O)CCCCCCCCCCCCC.CCCCCCCCCCCCCC(=O)N[C@H](COCC[C@@H](CCCCCCC)OC(=O)CCCCCCCCCCC)COP(=O)(O)OCCNC(=O)[C@@H](NC(=O)Cc1c[nH]c2ccccc12)[C@@H](C)CC. The highest BCUT2D eigenvalue weighted by Crippen LogP contribution is 2.49. The van der Waals surface area contributed by atoms with Crippen LogP contribution < -0.4 is 26.6 Å². The third-order valence-electron chi connectivity index (χ3n) is 24.1. The van der Waals surface area contributed by atoms with Crippen molar-refractivity contribution in [3.63, 3.8) is 0 Å². The normalized spacial score (nSPS) is 13.9. The fourth-order valence-electron chi connectivity index (χ4n) is 15.9. The van der Waals surface area contributed by atoms with Crippen LogP contribution in [0.5, 0.6) is 0 Å². The molecule has 0 saturated carbocycles. The predicted molar refractivity (Wildman–Crippen MR) is 545 cm³/mol. The topological polar surface area (TPSA) is 342 Å². The van der Waals surface area contributed by atoms with Crippen molar-refractivity contribution in [2.75, 3.05) is 72.6 Å². The third kappa shape index (κ3) is 75.7. The average molecular weight is 1940 g/mol. The molecule has 5 amide bonds. The van der Waals surface area contributed by atoms with Crippen LogP contribution in [-0.4, -0.2) is 160 Å². The van der Waals surface area contributed by atoms with Crippen molar-refractivity contribution in [2.24, 2.45) is 5.92 Å². The quantitative estimate of drug-likeness (QED) is 0.0106. The van der Waals surface area contributed by atoms with Gasteiger partial charge in [-0.15, -0.1) is 6.58 Å². The zero-order chi connectivity index (χ0) is 98.5. The number of ether oxygens (including phenoxy) is 5. The number of fused-ring (bicyclic) bond motifs is 1. The Morgan fingerprint density at radius 2 is 0.799 bits per heavy atom. The van der Waals surface area contributed by atoms with E-state index < -0.39 is 51.4 Å². The Kier molecular flexibility index (Phi) is 82.1. The number of phosphoric acid groups is 2. The molecule has 1 heterocycles. The first-order chi connectivity index (χ1) is 64.8. The summed E-state index contributed by atoms with van der Waals surface area (Å²) in [6.45, 7) is 25.5. The summed E-state index contributed by atoms with van der Waals surface area (Å²) in [6, 6.07) is 5.48. The minimum Gasteiger partial charge on any atom is -0.462 e. The molecule has 1 aromatic heterocycles. The number of rotatable bonds is 93. The molecule has 0 aliphatic heterocycles. The van der Waals surface area contributed by atoms with E-state index in [9.17, 15) is 47.6 Å². The minimum atomic E-state index is -4.62. The number of para-hydroxylation sites is 1. The first kappa shape index (κ1) is 127. The molecule has 7 N–H and O–H groups in total. The van der Waals surface area contributed by atoms with Crippen molar-refractivity contribution in [2.45, 2.75) is 497 Å². The maximum atomic E-state index is 13.6. The maximum absolute atomic E-state index is 13.6. The predicted octanol–water partition coefficient (Wildman–Crippen LogP) is 26.9. The molecule has 2 rings (SSSR count). The van der Waals surface area contributed by atoms with Crippen LogP contribution in [0.1, 0.15) is 461 Å². The summed E-state index contributed by atoms with van der Waals surface area (Å²) in [7, 11) is -8.75. The number of amides is 5. The smallest absolute Gasteiger partial charge is 0.462 e. The number of phosphoric ester groups is 2. The summed E-state index contributed by atoms with van der Waals surface area (Å²) in [4.78, 5) is 105. The fraction of sp³-hybridized carbons (Fsp3) is 0.840. The highest BCUT2D eigenvalue weighted by molar-refractivity contribution is 7.48. The number of alkyl carbamates (subject to hydrolysis) is 1. The number of aromatic amines is 1. The zero-order valence-corrected chi connectivity index (χ0v) is 88.2. The van der Waals surface area contributed by atoms with Gasteiger partial charge in [-0.1, -0.05) is 369 Å². The van der Waals surface area contributed by atoms with Crippen LogP contribution in [-0.2, 0) is 90.6 Å². The van der Waals surface area contributed by atoms with E-state index in [-0.39, 0.29) is 120 Å². The summed E-state index contributed by atoms with van der Waals surface area (Å²) in [5.41, 5.74) is 1.08. The number of hydrogen-bond donors (Lipinski definition) is 7. The molecule has 0 spiro atoms. The van der Waals surface area contributed by atoms with Crippen molar-refractivity contribution in [3.8, 4) is 0 Å². The second-order valence-electron chi connectivity index (χ2n) is 38.1. The van der Waals surface area contributed by atoms with Gasteiger partial charge in [-0.05, 0) is 89.7 Å². The number of esters is 2. The van der Waals surface area contributed by atoms with Crippen LogP contribution >= 0.6 is 15.6 Å². The van der Waals surface area contributed by atoms with Gasteiger partial charge in [-0.2, -0.15) is 0 Å². The summed E-state index contributed by atoms with van der Waals surface area (Å²) >= 11 is 0. The van der Waals surface area contributed by atoms with E-state index in [0.29, 0.717) is 51.6 Å². The molecule has 0 radical (unpaired) electrons. The maximum Gasteiger partial charge on any atom is 0.475 e. The number of carbonyl (C=O) groups is 7. The molecule has 134 heavy (non-hydrogen) atoms. The number of carbonyl (C=O) groups excluding carboxylic acids is 7. The third-order valence-corrected chi connectivity index (χ3v) is 26.5. The monoisotopic (exact) mass is 1940 g/mol. The van der Waals surface area contributed by atoms with Crippen molar-refractivity contribution in [1.82, 2.24) is 31.6 Å². The van der Waals surface area contributed by atoms with Crippen molar-refractivity contribution in [3.05, 3.63) is 48.7 Å². The second-order valence-corrected chi connectivity index (χ2v) is 41.2. The van der Waals surface area contributed by atoms with Gasteiger partial charge >= 0.3 is 33.7 Å². The molecule has 8 atom stereocenters. The highest BCUT2D eigenvalue weighted by atomic mass is 31.2. The lowest BCUT2D eigenvalue weighted by molar-refractivity contribution is -0.151. The molecule has 2 unspecified atom stereocenters. The Morgan fingerprint density at radius 3 is 1.20 bits per heavy atom. The van der Waals surface area contributed by atoms with Crippen LogP contribution in [0.25, 0.3) is 10.9 Å². The molecule has 0 fully saturated rings. The fourth-order valence-corrected chi connectivity index (χ4v) is 17.8. The Balaban J connectivity index is 0.00000136. The van der Waals surface area contributed by atoms with E-state index in [0.717, 1.165) is 158 Å². The van der Waals surface area contributed by atoms with Crippen LogP contribution in [0, 0.1) is 5.92 Å². The largest absolute Gasteiger partial charge is 0.475 e. The Hall–Kier alpha value is -5.27. The molecule has 780 valence electrons. The summed E-state index contributed by atoms with van der Waals surface area (Å²) < 4.78 is 83.5. The number of hydrogen-bond acceptors (Lipinski definition) is 19. The van der Waals surface area contributed by atoms with E-state index in [4.69, 9.17) is 46.3 Å². The summed E-state index contributed by atoms with van der Waals surface area (Å²) in [5.74, 6) is -1.56. The molecular formula is C106H196N6O20P2. The molecule has 0 aliphatic carbocycles. The summed E-state index contributed by atoms with van der Waals surface area (Å²) in [5, 5.41) is 15.1. The molecule has 28 heteroatoms. The van der Waals surface area contributed by atoms with Gasteiger partial charge in [0.1, 0.15) is 23.9 Å². The summed E-state index contributed by atoms with van der Waals surface area (Å²) in [6.07, 6.45) is 65.3. The lowest BCUT2D eigenvalue weighted by Gasteiger charge is -2.24. The molecular weight excluding hydrogens is 1740 g/mol. The Labute approximate surface area is 813 Å². The number of aromatic nitrogens is 1.